The lowest BCUT2D eigenvalue weighted by Crippen LogP contribution is -2.20. The number of rotatable bonds is 10. The van der Waals surface area contributed by atoms with E-state index < -0.39 is 11.9 Å². The molecule has 0 amide bonds. The van der Waals surface area contributed by atoms with Gasteiger partial charge in [0.2, 0.25) is 5.69 Å². The zero-order valence-electron chi connectivity index (χ0n) is 17.9. The van der Waals surface area contributed by atoms with Crippen molar-refractivity contribution in [2.45, 2.75) is 27.2 Å². The maximum Gasteiger partial charge on any atom is 0.361 e. The second-order valence-electron chi connectivity index (χ2n) is 6.50. The van der Waals surface area contributed by atoms with Crippen molar-refractivity contribution in [1.29, 1.82) is 0 Å². The molecule has 0 aliphatic carbocycles. The molecule has 1 aromatic heterocycles. The van der Waals surface area contributed by atoms with Crippen LogP contribution in [0.3, 0.4) is 0 Å². The molecular weight excluding hydrogens is 473 g/mol. The van der Waals surface area contributed by atoms with Crippen LogP contribution in [0.4, 0.5) is 0 Å². The number of ether oxygens (including phenoxy) is 4. The fourth-order valence-corrected chi connectivity index (χ4v) is 3.09. The summed E-state index contributed by atoms with van der Waals surface area (Å²) in [6.07, 6.45) is 0. The van der Waals surface area contributed by atoms with Crippen LogP contribution in [0.25, 0.3) is 0 Å². The average molecular weight is 494 g/mol. The summed E-state index contributed by atoms with van der Waals surface area (Å²) in [5, 5.41) is 8.72. The van der Waals surface area contributed by atoms with Crippen molar-refractivity contribution in [2.75, 3.05) is 13.2 Å². The molecule has 174 valence electrons. The molecule has 0 spiro atoms. The number of esters is 2. The number of hydrogen-bond donors (Lipinski definition) is 0. The van der Waals surface area contributed by atoms with E-state index in [2.05, 4.69) is 10.3 Å². The van der Waals surface area contributed by atoms with Crippen molar-refractivity contribution in [3.05, 3.63) is 69.5 Å². The lowest BCUT2D eigenvalue weighted by Gasteiger charge is -2.14. The van der Waals surface area contributed by atoms with Gasteiger partial charge in [0.15, 0.2) is 12.4 Å². The van der Waals surface area contributed by atoms with Gasteiger partial charge < -0.3 is 18.9 Å². The maximum atomic E-state index is 12.4. The summed E-state index contributed by atoms with van der Waals surface area (Å²) in [5.74, 6) is -0.492. The molecule has 0 atom stereocenters. The smallest absolute Gasteiger partial charge is 0.361 e. The summed E-state index contributed by atoms with van der Waals surface area (Å²) in [6, 6.07) is 11.9. The molecule has 0 saturated heterocycles. The van der Waals surface area contributed by atoms with Crippen molar-refractivity contribution in [2.24, 2.45) is 0 Å². The Hall–Kier alpha value is -3.30. The highest BCUT2D eigenvalue weighted by Crippen LogP contribution is 2.26. The van der Waals surface area contributed by atoms with Crippen LogP contribution < -0.4 is 9.47 Å². The van der Waals surface area contributed by atoms with Crippen molar-refractivity contribution >= 4 is 35.1 Å². The molecule has 0 N–H and O–H groups in total. The summed E-state index contributed by atoms with van der Waals surface area (Å²) in [6.45, 7) is 3.45. The summed E-state index contributed by atoms with van der Waals surface area (Å²) in [7, 11) is 0. The van der Waals surface area contributed by atoms with E-state index >= 15 is 0 Å². The topological polar surface area (TPSA) is 102 Å². The highest BCUT2D eigenvalue weighted by atomic mass is 35.5. The molecule has 33 heavy (non-hydrogen) atoms. The predicted octanol–water partition coefficient (Wildman–Crippen LogP) is 4.55. The zero-order chi connectivity index (χ0) is 23.8. The minimum atomic E-state index is -0.782. The highest BCUT2D eigenvalue weighted by Gasteiger charge is 2.28. The van der Waals surface area contributed by atoms with Gasteiger partial charge in [0.1, 0.15) is 18.1 Å². The largest absolute Gasteiger partial charge is 0.489 e. The van der Waals surface area contributed by atoms with Crippen LogP contribution in [0.5, 0.6) is 11.5 Å². The van der Waals surface area contributed by atoms with Gasteiger partial charge in [-0.15, -0.1) is 5.10 Å². The maximum absolute atomic E-state index is 12.4. The second kappa shape index (κ2) is 11.5. The first-order valence-electron chi connectivity index (χ1n) is 10.00. The van der Waals surface area contributed by atoms with E-state index in [4.69, 9.17) is 42.1 Å². The molecule has 3 aromatic rings. The Labute approximate surface area is 200 Å². The third-order valence-electron chi connectivity index (χ3n) is 4.25. The van der Waals surface area contributed by atoms with E-state index in [1.165, 1.54) is 0 Å². The summed E-state index contributed by atoms with van der Waals surface area (Å²) in [4.78, 5) is 24.6. The number of aromatic nitrogens is 3. The van der Waals surface area contributed by atoms with E-state index in [-0.39, 0.29) is 37.9 Å². The zero-order valence-corrected chi connectivity index (χ0v) is 19.4. The number of carbonyl (C=O) groups excluding carboxylic acids is 2. The summed E-state index contributed by atoms with van der Waals surface area (Å²) >= 11 is 12.0. The van der Waals surface area contributed by atoms with Crippen LogP contribution in [0, 0.1) is 0 Å². The summed E-state index contributed by atoms with van der Waals surface area (Å²) < 4.78 is 22.7. The van der Waals surface area contributed by atoms with E-state index in [0.717, 1.165) is 4.68 Å². The van der Waals surface area contributed by atoms with Gasteiger partial charge in [-0.25, -0.2) is 14.3 Å². The van der Waals surface area contributed by atoms with E-state index in [1.807, 2.05) is 0 Å². The molecular formula is C22H21Cl2N3O6. The van der Waals surface area contributed by atoms with Gasteiger partial charge >= 0.3 is 11.9 Å². The lowest BCUT2D eigenvalue weighted by atomic mass is 10.2. The van der Waals surface area contributed by atoms with Crippen LogP contribution in [0.2, 0.25) is 10.0 Å². The van der Waals surface area contributed by atoms with Crippen LogP contribution in [0.15, 0.2) is 42.5 Å². The van der Waals surface area contributed by atoms with Crippen LogP contribution >= 0.6 is 23.2 Å². The van der Waals surface area contributed by atoms with Crippen molar-refractivity contribution in [3.63, 3.8) is 0 Å². The molecule has 0 bridgehead atoms. The fourth-order valence-electron chi connectivity index (χ4n) is 2.77. The van der Waals surface area contributed by atoms with Crippen LogP contribution in [-0.2, 0) is 22.8 Å². The van der Waals surface area contributed by atoms with Gasteiger partial charge in [-0.2, -0.15) is 0 Å². The normalized spacial score (nSPS) is 10.5. The summed E-state index contributed by atoms with van der Waals surface area (Å²) in [5.41, 5.74) is 0.241. The monoisotopic (exact) mass is 493 g/mol. The number of nitrogens with zero attached hydrogens (tertiary/aromatic N) is 3. The molecule has 1 heterocycles. The first kappa shape index (κ1) is 24.3. The Bertz CT molecular complexity index is 1120. The van der Waals surface area contributed by atoms with E-state index in [1.54, 1.807) is 56.3 Å². The van der Waals surface area contributed by atoms with Crippen molar-refractivity contribution < 1.29 is 28.5 Å². The van der Waals surface area contributed by atoms with Gasteiger partial charge in [0.05, 0.1) is 13.2 Å². The van der Waals surface area contributed by atoms with Gasteiger partial charge in [-0.1, -0.05) is 28.4 Å². The molecule has 11 heteroatoms. The minimum Gasteiger partial charge on any atom is -0.489 e. The number of hydrogen-bond acceptors (Lipinski definition) is 8. The molecule has 0 fully saturated rings. The van der Waals surface area contributed by atoms with Gasteiger partial charge in [0, 0.05) is 15.6 Å². The minimum absolute atomic E-state index is 0.108. The average Bonchev–Trinajstić information content (AvgIpc) is 3.22. The van der Waals surface area contributed by atoms with Gasteiger partial charge in [-0.3, -0.25) is 0 Å². The van der Waals surface area contributed by atoms with Crippen molar-refractivity contribution in [3.8, 4) is 11.5 Å². The lowest BCUT2D eigenvalue weighted by molar-refractivity contribution is 0.0461. The van der Waals surface area contributed by atoms with Gasteiger partial charge in [0.25, 0.3) is 0 Å². The molecule has 9 nitrogen and oxygen atoms in total. The van der Waals surface area contributed by atoms with E-state index in [9.17, 15) is 9.59 Å². The molecule has 0 radical (unpaired) electrons. The second-order valence-corrected chi connectivity index (χ2v) is 7.37. The predicted molar refractivity (Wildman–Crippen MR) is 120 cm³/mol. The Balaban J connectivity index is 1.79. The molecule has 2 aromatic carbocycles. The molecule has 3 rings (SSSR count). The Kier molecular flexibility index (Phi) is 8.51. The number of halogens is 2. The molecule has 0 aliphatic rings. The molecule has 0 aliphatic heterocycles. The Morgan fingerprint density at radius 1 is 0.909 bits per heavy atom. The van der Waals surface area contributed by atoms with Crippen molar-refractivity contribution in [1.82, 2.24) is 15.0 Å². The third kappa shape index (κ3) is 6.36. The Morgan fingerprint density at radius 2 is 1.58 bits per heavy atom. The van der Waals surface area contributed by atoms with Crippen LogP contribution in [0.1, 0.15) is 40.4 Å². The van der Waals surface area contributed by atoms with E-state index in [0.29, 0.717) is 27.1 Å². The SMILES string of the molecule is CCOC(=O)c1nnn(COc2ccc(Cl)cc2COc2ccc(Cl)cc2)c1C(=O)OCC. The first-order chi connectivity index (χ1) is 15.9. The number of benzene rings is 2. The highest BCUT2D eigenvalue weighted by molar-refractivity contribution is 6.30. The molecule has 0 saturated carbocycles. The molecule has 0 unspecified atom stereocenters. The first-order valence-corrected chi connectivity index (χ1v) is 10.8. The third-order valence-corrected chi connectivity index (χ3v) is 4.73. The standard InChI is InChI=1S/C22H21Cl2N3O6/c1-3-30-21(28)19-20(22(29)31-4-2)27(26-25-19)13-33-18-10-7-16(24)11-14(18)12-32-17-8-5-15(23)6-9-17/h5-11H,3-4,12-13H2,1-2H3. The number of carbonyl (C=O) groups is 2. The van der Waals surface area contributed by atoms with Crippen LogP contribution in [-0.4, -0.2) is 40.1 Å². The quantitative estimate of drug-likeness (QED) is 0.379. The van der Waals surface area contributed by atoms with Gasteiger partial charge in [-0.05, 0) is 56.3 Å². The fraction of sp³-hybridized carbons (Fsp3) is 0.273. The Morgan fingerprint density at radius 3 is 2.27 bits per heavy atom.